The number of nitrogens with zero attached hydrogens (tertiary/aromatic N) is 4. The standard InChI is InChI=1S/C18H21N5O2/c1-5-7-9-13(8-6-2)20-16-11-10-14-17(22-16)21-15(12-19-14)18(24)23(3)25-4/h5-12H,1-4H3,(H,20,21,22)/b7-5-,8-6-,13-9+. The van der Waals surface area contributed by atoms with Crippen LogP contribution in [0, 0.1) is 0 Å². The van der Waals surface area contributed by atoms with Crippen LogP contribution in [0.2, 0.25) is 0 Å². The third-order valence-electron chi connectivity index (χ3n) is 3.27. The third-order valence-corrected chi connectivity index (χ3v) is 3.27. The van der Waals surface area contributed by atoms with Crippen molar-refractivity contribution in [2.45, 2.75) is 13.8 Å². The van der Waals surface area contributed by atoms with E-state index in [0.29, 0.717) is 17.0 Å². The molecule has 0 saturated carbocycles. The summed E-state index contributed by atoms with van der Waals surface area (Å²) in [6.45, 7) is 3.89. The zero-order chi connectivity index (χ0) is 18.2. The number of amides is 1. The number of carbonyl (C=O) groups is 1. The van der Waals surface area contributed by atoms with Crippen LogP contribution in [0.1, 0.15) is 24.3 Å². The number of fused-ring (bicyclic) bond motifs is 1. The fourth-order valence-corrected chi connectivity index (χ4v) is 1.98. The van der Waals surface area contributed by atoms with Gasteiger partial charge in [0.15, 0.2) is 11.3 Å². The lowest BCUT2D eigenvalue weighted by molar-refractivity contribution is -0.0760. The van der Waals surface area contributed by atoms with Crippen LogP contribution >= 0.6 is 0 Å². The molecular formula is C18H21N5O2. The van der Waals surface area contributed by atoms with E-state index >= 15 is 0 Å². The van der Waals surface area contributed by atoms with Gasteiger partial charge in [0.25, 0.3) is 5.91 Å². The van der Waals surface area contributed by atoms with Crippen LogP contribution in [-0.2, 0) is 4.84 Å². The van der Waals surface area contributed by atoms with Crippen molar-refractivity contribution in [1.82, 2.24) is 20.0 Å². The number of aromatic nitrogens is 3. The lowest BCUT2D eigenvalue weighted by Crippen LogP contribution is -2.26. The monoisotopic (exact) mass is 339 g/mol. The van der Waals surface area contributed by atoms with Gasteiger partial charge in [0, 0.05) is 12.7 Å². The molecule has 0 aliphatic rings. The maximum Gasteiger partial charge on any atom is 0.297 e. The molecule has 0 aromatic carbocycles. The zero-order valence-corrected chi connectivity index (χ0v) is 14.7. The van der Waals surface area contributed by atoms with Crippen LogP contribution < -0.4 is 5.32 Å². The van der Waals surface area contributed by atoms with Crippen LogP contribution in [-0.4, -0.2) is 40.1 Å². The second kappa shape index (κ2) is 8.70. The number of anilines is 1. The fraction of sp³-hybridized carbons (Fsp3) is 0.222. The molecular weight excluding hydrogens is 318 g/mol. The van der Waals surface area contributed by atoms with Crippen molar-refractivity contribution in [2.24, 2.45) is 0 Å². The van der Waals surface area contributed by atoms with Crippen LogP contribution in [0.25, 0.3) is 11.2 Å². The summed E-state index contributed by atoms with van der Waals surface area (Å²) < 4.78 is 0. The first-order valence-electron chi connectivity index (χ1n) is 7.77. The molecule has 0 radical (unpaired) electrons. The minimum absolute atomic E-state index is 0.166. The highest BCUT2D eigenvalue weighted by Crippen LogP contribution is 2.14. The Kier molecular flexibility index (Phi) is 6.36. The predicted molar refractivity (Wildman–Crippen MR) is 97.8 cm³/mol. The van der Waals surface area contributed by atoms with Crippen molar-refractivity contribution in [2.75, 3.05) is 19.5 Å². The minimum Gasteiger partial charge on any atom is -0.340 e. The molecule has 25 heavy (non-hydrogen) atoms. The van der Waals surface area contributed by atoms with Gasteiger partial charge in [-0.05, 0) is 38.1 Å². The molecule has 0 bridgehead atoms. The Labute approximate surface area is 146 Å². The second-order valence-corrected chi connectivity index (χ2v) is 5.05. The highest BCUT2D eigenvalue weighted by molar-refractivity contribution is 5.92. The van der Waals surface area contributed by atoms with Gasteiger partial charge in [0.2, 0.25) is 0 Å². The molecule has 1 N–H and O–H groups in total. The average Bonchev–Trinajstić information content (AvgIpc) is 2.64. The number of allylic oxidation sites excluding steroid dienone is 5. The quantitative estimate of drug-likeness (QED) is 0.643. The highest BCUT2D eigenvalue weighted by Gasteiger charge is 2.14. The summed E-state index contributed by atoms with van der Waals surface area (Å²) in [4.78, 5) is 29.9. The first-order chi connectivity index (χ1) is 12.1. The number of carbonyl (C=O) groups excluding carboxylic acids is 1. The lowest BCUT2D eigenvalue weighted by atomic mass is 10.3. The maximum atomic E-state index is 12.1. The van der Waals surface area contributed by atoms with E-state index in [1.54, 1.807) is 6.07 Å². The maximum absolute atomic E-state index is 12.1. The Morgan fingerprint density at radius 1 is 1.24 bits per heavy atom. The average molecular weight is 339 g/mol. The molecule has 2 heterocycles. The molecule has 0 aliphatic heterocycles. The fourth-order valence-electron chi connectivity index (χ4n) is 1.98. The van der Waals surface area contributed by atoms with E-state index in [9.17, 15) is 4.79 Å². The summed E-state index contributed by atoms with van der Waals surface area (Å²) in [6.07, 6.45) is 11.1. The molecule has 0 unspecified atom stereocenters. The van der Waals surface area contributed by atoms with E-state index in [4.69, 9.17) is 4.84 Å². The van der Waals surface area contributed by atoms with Gasteiger partial charge in [-0.25, -0.2) is 15.0 Å². The largest absolute Gasteiger partial charge is 0.340 e. The van der Waals surface area contributed by atoms with Gasteiger partial charge in [0.1, 0.15) is 11.3 Å². The first-order valence-corrected chi connectivity index (χ1v) is 7.77. The van der Waals surface area contributed by atoms with Gasteiger partial charge >= 0.3 is 0 Å². The van der Waals surface area contributed by atoms with Crippen LogP contribution in [0.3, 0.4) is 0 Å². The molecule has 7 nitrogen and oxygen atoms in total. The predicted octanol–water partition coefficient (Wildman–Crippen LogP) is 3.11. The normalized spacial score (nSPS) is 12.2. The molecule has 2 rings (SSSR count). The number of pyridine rings is 1. The van der Waals surface area contributed by atoms with Crippen molar-refractivity contribution in [3.63, 3.8) is 0 Å². The summed E-state index contributed by atoms with van der Waals surface area (Å²) in [5.41, 5.74) is 2.03. The van der Waals surface area contributed by atoms with Crippen molar-refractivity contribution < 1.29 is 9.63 Å². The van der Waals surface area contributed by atoms with Gasteiger partial charge in [-0.15, -0.1) is 0 Å². The summed E-state index contributed by atoms with van der Waals surface area (Å²) >= 11 is 0. The summed E-state index contributed by atoms with van der Waals surface area (Å²) in [7, 11) is 2.92. The minimum atomic E-state index is -0.389. The molecule has 1 amide bonds. The molecule has 0 aliphatic carbocycles. The number of hydroxylamine groups is 2. The summed E-state index contributed by atoms with van der Waals surface area (Å²) in [6, 6.07) is 3.61. The number of hydrogen-bond donors (Lipinski definition) is 1. The van der Waals surface area contributed by atoms with Crippen molar-refractivity contribution in [3.8, 4) is 0 Å². The molecule has 0 fully saturated rings. The molecule has 0 spiro atoms. The molecule has 0 saturated heterocycles. The van der Waals surface area contributed by atoms with Crippen molar-refractivity contribution in [1.29, 1.82) is 0 Å². The van der Waals surface area contributed by atoms with E-state index in [2.05, 4.69) is 20.3 Å². The Balaban J connectivity index is 2.35. The van der Waals surface area contributed by atoms with Gasteiger partial charge in [-0.1, -0.05) is 18.2 Å². The van der Waals surface area contributed by atoms with E-state index in [-0.39, 0.29) is 11.6 Å². The Morgan fingerprint density at radius 2 is 2.04 bits per heavy atom. The Morgan fingerprint density at radius 3 is 2.72 bits per heavy atom. The topological polar surface area (TPSA) is 80.2 Å². The number of rotatable bonds is 6. The first kappa shape index (κ1) is 18.3. The molecule has 0 atom stereocenters. The lowest BCUT2D eigenvalue weighted by Gasteiger charge is -2.12. The van der Waals surface area contributed by atoms with Crippen LogP contribution in [0.15, 0.2) is 54.4 Å². The number of hydrogen-bond acceptors (Lipinski definition) is 6. The van der Waals surface area contributed by atoms with Crippen LogP contribution in [0.5, 0.6) is 0 Å². The van der Waals surface area contributed by atoms with E-state index < -0.39 is 0 Å². The van der Waals surface area contributed by atoms with E-state index in [0.717, 1.165) is 10.8 Å². The number of nitrogens with one attached hydrogen (secondary N) is 1. The second-order valence-electron chi connectivity index (χ2n) is 5.05. The van der Waals surface area contributed by atoms with E-state index in [1.165, 1.54) is 20.4 Å². The summed E-state index contributed by atoms with van der Waals surface area (Å²) in [5.74, 6) is 0.222. The molecule has 2 aromatic rings. The SMILES string of the molecule is C\C=C/C=C(\C=C/C)Nc1ccc2ncc(C(=O)N(C)OC)nc2n1. The molecule has 2 aromatic heterocycles. The Hall–Kier alpha value is -3.06. The summed E-state index contributed by atoms with van der Waals surface area (Å²) in [5, 5.41) is 4.30. The van der Waals surface area contributed by atoms with E-state index in [1.807, 2.05) is 50.3 Å². The zero-order valence-electron chi connectivity index (χ0n) is 14.7. The third kappa shape index (κ3) is 4.71. The highest BCUT2D eigenvalue weighted by atomic mass is 16.7. The Bertz CT molecular complexity index is 842. The van der Waals surface area contributed by atoms with Gasteiger partial charge in [-0.2, -0.15) is 0 Å². The van der Waals surface area contributed by atoms with Crippen LogP contribution in [0.4, 0.5) is 5.82 Å². The molecule has 130 valence electrons. The smallest absolute Gasteiger partial charge is 0.297 e. The van der Waals surface area contributed by atoms with Gasteiger partial charge < -0.3 is 5.32 Å². The van der Waals surface area contributed by atoms with Crippen molar-refractivity contribution in [3.05, 3.63) is 60.1 Å². The van der Waals surface area contributed by atoms with Gasteiger partial charge in [-0.3, -0.25) is 14.6 Å². The molecule has 7 heteroatoms. The van der Waals surface area contributed by atoms with Gasteiger partial charge in [0.05, 0.1) is 13.3 Å². The van der Waals surface area contributed by atoms with Crippen molar-refractivity contribution >= 4 is 22.9 Å².